The molecule has 21 heteroatoms. The molecule has 0 aromatic heterocycles. The lowest BCUT2D eigenvalue weighted by molar-refractivity contribution is -0.549. The summed E-state index contributed by atoms with van der Waals surface area (Å²) in [7, 11) is 0. The van der Waals surface area contributed by atoms with Gasteiger partial charge in [-0.05, 0) is 26.7 Å². The van der Waals surface area contributed by atoms with E-state index < -0.39 is 66.4 Å². The van der Waals surface area contributed by atoms with Gasteiger partial charge < -0.3 is 4.74 Å². The van der Waals surface area contributed by atoms with Crippen LogP contribution in [0.1, 0.15) is 46.5 Å². The molecule has 0 aliphatic rings. The summed E-state index contributed by atoms with van der Waals surface area (Å²) >= 11 is 0. The average Bonchev–Trinajstić information content (AvgIpc) is 2.63. The number of ether oxygens (including phenoxy) is 3. The van der Waals surface area contributed by atoms with E-state index in [0.717, 1.165) is 13.8 Å². The highest BCUT2D eigenvalue weighted by Gasteiger charge is 2.85. The second-order valence-electron chi connectivity index (χ2n) is 8.10. The fraction of sp³-hybridized carbons (Fsp3) is 0.941. The Hall–Kier alpha value is -1.80. The summed E-state index contributed by atoms with van der Waals surface area (Å²) in [5.41, 5.74) is -2.21. The summed E-state index contributed by atoms with van der Waals surface area (Å²) in [5.74, 6) is -26.4. The van der Waals surface area contributed by atoms with E-state index in [1.165, 1.54) is 4.74 Å². The molecule has 38 heavy (non-hydrogen) atoms. The van der Waals surface area contributed by atoms with E-state index in [1.807, 2.05) is 4.74 Å². The van der Waals surface area contributed by atoms with Crippen LogP contribution in [0.15, 0.2) is 0 Å². The van der Waals surface area contributed by atoms with Crippen LogP contribution >= 0.6 is 0 Å². The van der Waals surface area contributed by atoms with Crippen LogP contribution in [0.3, 0.4) is 0 Å². The minimum atomic E-state index is -8.06. The molecule has 0 aromatic carbocycles. The monoisotopic (exact) mass is 608 g/mol. The van der Waals surface area contributed by atoms with Crippen LogP contribution in [-0.4, -0.2) is 59.9 Å². The van der Waals surface area contributed by atoms with E-state index in [-0.39, 0.29) is 6.42 Å². The van der Waals surface area contributed by atoms with Crippen molar-refractivity contribution in [1.82, 2.24) is 0 Å². The summed E-state index contributed by atoms with van der Waals surface area (Å²) < 4.78 is 230. The zero-order valence-corrected chi connectivity index (χ0v) is 18.9. The molecule has 0 aliphatic carbocycles. The predicted octanol–water partition coefficient (Wildman–Crippen LogP) is 7.76. The average molecular weight is 608 g/mol. The quantitative estimate of drug-likeness (QED) is 0.129. The van der Waals surface area contributed by atoms with Crippen molar-refractivity contribution >= 4 is 5.97 Å². The third-order valence-electron chi connectivity index (χ3n) is 4.38. The molecule has 0 aromatic rings. The Labute approximate surface area is 201 Å². The van der Waals surface area contributed by atoms with Gasteiger partial charge in [-0.1, -0.05) is 19.8 Å². The summed E-state index contributed by atoms with van der Waals surface area (Å²) in [5, 5.41) is 0. The van der Waals surface area contributed by atoms with Crippen LogP contribution in [-0.2, 0) is 19.0 Å². The number of carbonyl (C=O) groups excluding carboxylic acids is 1. The van der Waals surface area contributed by atoms with Crippen molar-refractivity contribution in [3.63, 3.8) is 0 Å². The number of alkyl halides is 17. The fourth-order valence-corrected chi connectivity index (χ4v) is 2.31. The predicted molar refractivity (Wildman–Crippen MR) is 87.2 cm³/mol. The molecule has 4 nitrogen and oxygen atoms in total. The van der Waals surface area contributed by atoms with Gasteiger partial charge in [0.15, 0.2) is 0 Å². The SMILES string of the molecule is CCCCCC(C)(C)OC(=O)[C@](F)(OC(F)(F)[C@](F)(OC(F)(F)C(F)(F)C(F)(F)F)C(F)(F)F)C(F)(F)F. The molecule has 2 atom stereocenters. The molecule has 0 saturated heterocycles. The maximum absolute atomic E-state index is 14.5. The molecule has 0 saturated carbocycles. The fourth-order valence-electron chi connectivity index (χ4n) is 2.31. The Balaban J connectivity index is 6.67. The van der Waals surface area contributed by atoms with Crippen LogP contribution < -0.4 is 0 Å². The molecule has 0 rings (SSSR count). The lowest BCUT2D eigenvalue weighted by Gasteiger charge is -2.40. The Morgan fingerprint density at radius 1 is 0.605 bits per heavy atom. The normalized spacial score (nSPS) is 18.1. The summed E-state index contributed by atoms with van der Waals surface area (Å²) in [6, 6.07) is 0. The van der Waals surface area contributed by atoms with Crippen molar-refractivity contribution in [3.8, 4) is 0 Å². The summed E-state index contributed by atoms with van der Waals surface area (Å²) in [6.07, 6.45) is -38.3. The van der Waals surface area contributed by atoms with Gasteiger partial charge in [-0.3, -0.25) is 9.47 Å². The van der Waals surface area contributed by atoms with E-state index in [9.17, 15) is 79.4 Å². The molecule has 0 aliphatic heterocycles. The maximum Gasteiger partial charge on any atom is 0.462 e. The first-order valence-corrected chi connectivity index (χ1v) is 9.70. The number of hydrogen-bond donors (Lipinski definition) is 0. The zero-order valence-electron chi connectivity index (χ0n) is 18.9. The first-order valence-electron chi connectivity index (χ1n) is 9.70. The van der Waals surface area contributed by atoms with E-state index in [2.05, 4.69) is 4.74 Å². The Morgan fingerprint density at radius 3 is 1.39 bits per heavy atom. The van der Waals surface area contributed by atoms with Gasteiger partial charge in [0.25, 0.3) is 0 Å². The summed E-state index contributed by atoms with van der Waals surface area (Å²) in [6.45, 7) is 3.09. The highest BCUT2D eigenvalue weighted by atomic mass is 19.4. The van der Waals surface area contributed by atoms with E-state index in [4.69, 9.17) is 0 Å². The molecule has 0 heterocycles. The number of hydrogen-bond acceptors (Lipinski definition) is 4. The Bertz CT molecular complexity index is 817. The van der Waals surface area contributed by atoms with Gasteiger partial charge >= 0.3 is 54.3 Å². The minimum Gasteiger partial charge on any atom is -0.455 e. The third-order valence-corrected chi connectivity index (χ3v) is 4.38. The largest absolute Gasteiger partial charge is 0.462 e. The maximum atomic E-state index is 14.5. The van der Waals surface area contributed by atoms with Crippen molar-refractivity contribution in [2.24, 2.45) is 0 Å². The molecule has 0 amide bonds. The number of unbranched alkanes of at least 4 members (excludes halogenated alkanes) is 2. The van der Waals surface area contributed by atoms with Gasteiger partial charge in [0.05, 0.1) is 0 Å². The molecule has 228 valence electrons. The van der Waals surface area contributed by atoms with Crippen LogP contribution in [0.4, 0.5) is 74.6 Å². The third kappa shape index (κ3) is 7.23. The van der Waals surface area contributed by atoms with Crippen LogP contribution in [0.25, 0.3) is 0 Å². The molecule has 0 unspecified atom stereocenters. The Morgan fingerprint density at radius 2 is 1.05 bits per heavy atom. The number of halogens is 17. The van der Waals surface area contributed by atoms with Crippen LogP contribution in [0, 0.1) is 0 Å². The minimum absolute atomic E-state index is 0.0249. The lowest BCUT2D eigenvalue weighted by atomic mass is 10.0. The molecule has 0 fully saturated rings. The van der Waals surface area contributed by atoms with E-state index >= 15 is 0 Å². The van der Waals surface area contributed by atoms with Gasteiger partial charge in [0, 0.05) is 0 Å². The van der Waals surface area contributed by atoms with Gasteiger partial charge in [0.1, 0.15) is 5.60 Å². The first kappa shape index (κ1) is 36.2. The number of carbonyl (C=O) groups is 1. The lowest BCUT2D eigenvalue weighted by Crippen LogP contribution is -2.68. The van der Waals surface area contributed by atoms with Crippen molar-refractivity contribution in [2.75, 3.05) is 0 Å². The van der Waals surface area contributed by atoms with Crippen molar-refractivity contribution < 1.29 is 93.6 Å². The van der Waals surface area contributed by atoms with Crippen molar-refractivity contribution in [1.29, 1.82) is 0 Å². The molecule has 0 N–H and O–H groups in total. The highest BCUT2D eigenvalue weighted by Crippen LogP contribution is 2.56. The van der Waals surface area contributed by atoms with Gasteiger partial charge in [-0.25, -0.2) is 4.79 Å². The number of esters is 1. The molecular weight excluding hydrogens is 591 g/mol. The van der Waals surface area contributed by atoms with Crippen LogP contribution in [0.2, 0.25) is 0 Å². The highest BCUT2D eigenvalue weighted by molar-refractivity contribution is 5.79. The topological polar surface area (TPSA) is 44.8 Å². The first-order chi connectivity index (χ1) is 16.4. The van der Waals surface area contributed by atoms with Gasteiger partial charge in [0.2, 0.25) is 0 Å². The summed E-state index contributed by atoms with van der Waals surface area (Å²) in [4.78, 5) is 11.8. The van der Waals surface area contributed by atoms with E-state index in [0.29, 0.717) is 12.8 Å². The second kappa shape index (κ2) is 10.6. The van der Waals surface area contributed by atoms with Gasteiger partial charge in [-0.2, -0.15) is 74.6 Å². The van der Waals surface area contributed by atoms with Crippen molar-refractivity contribution in [3.05, 3.63) is 0 Å². The molecule has 0 bridgehead atoms. The second-order valence-corrected chi connectivity index (χ2v) is 8.10. The van der Waals surface area contributed by atoms with Gasteiger partial charge in [-0.15, -0.1) is 0 Å². The molecule has 0 spiro atoms. The standard InChI is InChI=1S/C17H17F17O4/c1-4-5-6-7-9(2,3)36-8(35)10(18,13(22,23)24)37-17(33,34)12(21,15(28,29)30)38-16(31,32)11(19,20)14(25,26)27/h4-7H2,1-3H3/t10-,12+/m0/s1. The molecule has 0 radical (unpaired) electrons. The van der Waals surface area contributed by atoms with E-state index in [1.54, 1.807) is 6.92 Å². The zero-order chi connectivity index (χ0) is 31.0. The van der Waals surface area contributed by atoms with Crippen molar-refractivity contribution in [2.45, 2.75) is 100 Å². The number of rotatable bonds is 12. The smallest absolute Gasteiger partial charge is 0.455 e. The Kier molecular flexibility index (Phi) is 10.1. The van der Waals surface area contributed by atoms with Crippen LogP contribution in [0.5, 0.6) is 0 Å². The molecular formula is C17H17F17O4.